The first-order valence-corrected chi connectivity index (χ1v) is 8.55. The summed E-state index contributed by atoms with van der Waals surface area (Å²) >= 11 is 0. The second-order valence-electron chi connectivity index (χ2n) is 6.28. The molecule has 0 aliphatic rings. The summed E-state index contributed by atoms with van der Waals surface area (Å²) in [5, 5.41) is 21.3. The fourth-order valence-electron chi connectivity index (χ4n) is 2.81. The lowest BCUT2D eigenvalue weighted by molar-refractivity contribution is 0.455. The molecule has 0 heterocycles. The zero-order valence-corrected chi connectivity index (χ0v) is 14.8. The van der Waals surface area contributed by atoms with E-state index >= 15 is 0 Å². The second kappa shape index (κ2) is 6.92. The zero-order valence-electron chi connectivity index (χ0n) is 14.8. The summed E-state index contributed by atoms with van der Waals surface area (Å²) < 4.78 is 11.8. The predicted molar refractivity (Wildman–Crippen MR) is 109 cm³/mol. The highest BCUT2D eigenvalue weighted by molar-refractivity contribution is 5.89. The van der Waals surface area contributed by atoms with Gasteiger partial charge in [-0.2, -0.15) is 0 Å². The van der Waals surface area contributed by atoms with Crippen molar-refractivity contribution in [2.75, 3.05) is 11.5 Å². The number of aromatic hydroxyl groups is 2. The van der Waals surface area contributed by atoms with Crippen LogP contribution in [0.2, 0.25) is 0 Å². The molecule has 4 aromatic rings. The van der Waals surface area contributed by atoms with Crippen LogP contribution in [0.1, 0.15) is 0 Å². The molecule has 0 saturated carbocycles. The summed E-state index contributed by atoms with van der Waals surface area (Å²) in [6.07, 6.45) is 0. The van der Waals surface area contributed by atoms with Crippen LogP contribution < -0.4 is 20.9 Å². The minimum atomic E-state index is -0.0371. The standard InChI is InChI=1S/C22H18N2O4/c23-18-8-6-15(11-20(18)25)27-14-5-4-13-2-1-3-22(17(13)10-14)28-16-7-9-19(24)21(26)12-16/h1-12,25-26H,23-24H2. The Kier molecular flexibility index (Phi) is 4.29. The Morgan fingerprint density at radius 1 is 0.607 bits per heavy atom. The van der Waals surface area contributed by atoms with Crippen LogP contribution in [0.4, 0.5) is 11.4 Å². The van der Waals surface area contributed by atoms with Crippen LogP contribution in [-0.2, 0) is 0 Å². The van der Waals surface area contributed by atoms with E-state index in [0.29, 0.717) is 23.0 Å². The summed E-state index contributed by atoms with van der Waals surface area (Å²) in [6, 6.07) is 20.7. The normalized spacial score (nSPS) is 10.7. The van der Waals surface area contributed by atoms with Crippen LogP contribution in [0.3, 0.4) is 0 Å². The van der Waals surface area contributed by atoms with Gasteiger partial charge in [0, 0.05) is 17.5 Å². The SMILES string of the molecule is Nc1ccc(Oc2ccc3cccc(Oc4ccc(N)c(O)c4)c3c2)cc1O. The van der Waals surface area contributed by atoms with E-state index in [1.54, 1.807) is 24.3 Å². The summed E-state index contributed by atoms with van der Waals surface area (Å²) in [4.78, 5) is 0. The van der Waals surface area contributed by atoms with E-state index in [1.165, 1.54) is 12.1 Å². The van der Waals surface area contributed by atoms with Crippen LogP contribution in [0.5, 0.6) is 34.5 Å². The van der Waals surface area contributed by atoms with E-state index in [4.69, 9.17) is 20.9 Å². The number of hydrogen-bond donors (Lipinski definition) is 4. The third kappa shape index (κ3) is 3.43. The van der Waals surface area contributed by atoms with Crippen LogP contribution in [0.15, 0.2) is 72.8 Å². The fraction of sp³-hybridized carbons (Fsp3) is 0. The van der Waals surface area contributed by atoms with E-state index in [-0.39, 0.29) is 22.9 Å². The van der Waals surface area contributed by atoms with Gasteiger partial charge in [0.05, 0.1) is 11.4 Å². The first-order chi connectivity index (χ1) is 13.5. The molecule has 28 heavy (non-hydrogen) atoms. The van der Waals surface area contributed by atoms with Gasteiger partial charge in [0.15, 0.2) is 0 Å². The molecule has 0 spiro atoms. The lowest BCUT2D eigenvalue weighted by Crippen LogP contribution is -1.90. The molecule has 4 rings (SSSR count). The van der Waals surface area contributed by atoms with Crippen molar-refractivity contribution in [2.24, 2.45) is 0 Å². The fourth-order valence-corrected chi connectivity index (χ4v) is 2.81. The van der Waals surface area contributed by atoms with Gasteiger partial charge in [-0.3, -0.25) is 0 Å². The van der Waals surface area contributed by atoms with Crippen LogP contribution in [-0.4, -0.2) is 10.2 Å². The van der Waals surface area contributed by atoms with Gasteiger partial charge >= 0.3 is 0 Å². The van der Waals surface area contributed by atoms with E-state index in [0.717, 1.165) is 10.8 Å². The number of phenols is 2. The second-order valence-corrected chi connectivity index (χ2v) is 6.28. The van der Waals surface area contributed by atoms with Crippen molar-refractivity contribution < 1.29 is 19.7 Å². The molecule has 0 saturated heterocycles. The van der Waals surface area contributed by atoms with E-state index in [9.17, 15) is 10.2 Å². The van der Waals surface area contributed by atoms with Gasteiger partial charge in [0.2, 0.25) is 0 Å². The summed E-state index contributed by atoms with van der Waals surface area (Å²) in [7, 11) is 0. The van der Waals surface area contributed by atoms with Gasteiger partial charge in [-0.05, 0) is 47.9 Å². The minimum Gasteiger partial charge on any atom is -0.506 e. The number of nitrogens with two attached hydrogens (primary N) is 2. The molecule has 0 bridgehead atoms. The van der Waals surface area contributed by atoms with E-state index in [1.807, 2.05) is 36.4 Å². The van der Waals surface area contributed by atoms with Crippen molar-refractivity contribution in [3.8, 4) is 34.5 Å². The highest BCUT2D eigenvalue weighted by Crippen LogP contribution is 2.36. The Morgan fingerprint density at radius 2 is 1.18 bits per heavy atom. The molecule has 140 valence electrons. The molecule has 4 aromatic carbocycles. The van der Waals surface area contributed by atoms with Gasteiger partial charge in [-0.1, -0.05) is 18.2 Å². The average Bonchev–Trinajstić information content (AvgIpc) is 2.68. The topological polar surface area (TPSA) is 111 Å². The number of benzene rings is 4. The summed E-state index contributed by atoms with van der Waals surface area (Å²) in [5.41, 5.74) is 11.8. The highest BCUT2D eigenvalue weighted by atomic mass is 16.5. The zero-order chi connectivity index (χ0) is 19.7. The number of phenolic OH excluding ortho intramolecular Hbond substituents is 2. The maximum Gasteiger partial charge on any atom is 0.142 e. The van der Waals surface area contributed by atoms with Crippen molar-refractivity contribution in [2.45, 2.75) is 0 Å². The number of hydrogen-bond acceptors (Lipinski definition) is 6. The maximum absolute atomic E-state index is 9.79. The molecular weight excluding hydrogens is 356 g/mol. The average molecular weight is 374 g/mol. The molecular formula is C22H18N2O4. The molecule has 6 N–H and O–H groups in total. The molecule has 0 aliphatic heterocycles. The van der Waals surface area contributed by atoms with Crippen molar-refractivity contribution in [3.63, 3.8) is 0 Å². The number of rotatable bonds is 4. The third-order valence-electron chi connectivity index (χ3n) is 4.28. The summed E-state index contributed by atoms with van der Waals surface area (Å²) in [6.45, 7) is 0. The number of anilines is 2. The summed E-state index contributed by atoms with van der Waals surface area (Å²) in [5.74, 6) is 2.04. The Labute approximate surface area is 161 Å². The van der Waals surface area contributed by atoms with Gasteiger partial charge in [-0.15, -0.1) is 0 Å². The van der Waals surface area contributed by atoms with Crippen molar-refractivity contribution >= 4 is 22.1 Å². The number of nitrogen functional groups attached to an aromatic ring is 2. The van der Waals surface area contributed by atoms with Gasteiger partial charge in [-0.25, -0.2) is 0 Å². The van der Waals surface area contributed by atoms with Crippen LogP contribution >= 0.6 is 0 Å². The maximum atomic E-state index is 9.79. The van der Waals surface area contributed by atoms with Crippen molar-refractivity contribution in [1.29, 1.82) is 0 Å². The molecule has 0 unspecified atom stereocenters. The van der Waals surface area contributed by atoms with Gasteiger partial charge in [0.25, 0.3) is 0 Å². The Bertz CT molecular complexity index is 1170. The molecule has 6 heteroatoms. The lowest BCUT2D eigenvalue weighted by Gasteiger charge is -2.12. The van der Waals surface area contributed by atoms with Crippen molar-refractivity contribution in [3.05, 3.63) is 72.8 Å². The largest absolute Gasteiger partial charge is 0.506 e. The molecule has 0 radical (unpaired) electrons. The van der Waals surface area contributed by atoms with E-state index < -0.39 is 0 Å². The number of fused-ring (bicyclic) bond motifs is 1. The molecule has 6 nitrogen and oxygen atoms in total. The third-order valence-corrected chi connectivity index (χ3v) is 4.28. The Balaban J connectivity index is 1.68. The van der Waals surface area contributed by atoms with Gasteiger partial charge in [0.1, 0.15) is 34.5 Å². The van der Waals surface area contributed by atoms with Crippen LogP contribution in [0, 0.1) is 0 Å². The van der Waals surface area contributed by atoms with Crippen LogP contribution in [0.25, 0.3) is 10.8 Å². The minimum absolute atomic E-state index is 0.0366. The molecule has 0 amide bonds. The Morgan fingerprint density at radius 3 is 1.82 bits per heavy atom. The number of ether oxygens (including phenoxy) is 2. The smallest absolute Gasteiger partial charge is 0.142 e. The van der Waals surface area contributed by atoms with Crippen molar-refractivity contribution in [1.82, 2.24) is 0 Å². The molecule has 0 aromatic heterocycles. The van der Waals surface area contributed by atoms with E-state index in [2.05, 4.69) is 0 Å². The lowest BCUT2D eigenvalue weighted by atomic mass is 10.1. The first kappa shape index (κ1) is 17.4. The molecule has 0 fully saturated rings. The quantitative estimate of drug-likeness (QED) is 0.295. The Hall–Kier alpha value is -4.06. The highest BCUT2D eigenvalue weighted by Gasteiger charge is 2.08. The van der Waals surface area contributed by atoms with Gasteiger partial charge < -0.3 is 31.2 Å². The monoisotopic (exact) mass is 374 g/mol. The molecule has 0 atom stereocenters. The first-order valence-electron chi connectivity index (χ1n) is 8.55. The molecule has 0 aliphatic carbocycles. The predicted octanol–water partition coefficient (Wildman–Crippen LogP) is 5.00.